The number of nitrogens with zero attached hydrogens (tertiary/aromatic N) is 1. The Morgan fingerprint density at radius 2 is 1.69 bits per heavy atom. The first-order valence-corrected chi connectivity index (χ1v) is 9.74. The lowest BCUT2D eigenvalue weighted by atomic mass is 10.2. The Hall–Kier alpha value is -3.58. The number of rotatable bonds is 5. The van der Waals surface area contributed by atoms with Crippen molar-refractivity contribution in [3.8, 4) is 22.1 Å². The van der Waals surface area contributed by atoms with Crippen LogP contribution >= 0.6 is 11.3 Å². The highest BCUT2D eigenvalue weighted by molar-refractivity contribution is 7.21. The van der Waals surface area contributed by atoms with Gasteiger partial charge in [-0.05, 0) is 48.5 Å². The summed E-state index contributed by atoms with van der Waals surface area (Å²) in [6.07, 6.45) is 0. The molecule has 0 aliphatic heterocycles. The number of hydrogen-bond acceptors (Lipinski definition) is 5. The molecule has 6 nitrogen and oxygen atoms in total. The number of amides is 2. The molecule has 0 saturated heterocycles. The highest BCUT2D eigenvalue weighted by Gasteiger charge is 2.12. The third-order valence-electron chi connectivity index (χ3n) is 4.33. The van der Waals surface area contributed by atoms with Gasteiger partial charge in [-0.1, -0.05) is 18.2 Å². The van der Waals surface area contributed by atoms with Gasteiger partial charge < -0.3 is 20.1 Å². The summed E-state index contributed by atoms with van der Waals surface area (Å²) in [7, 11) is 3.08. The number of urea groups is 1. The van der Waals surface area contributed by atoms with E-state index in [4.69, 9.17) is 9.47 Å². The predicted octanol–water partition coefficient (Wildman–Crippen LogP) is 5.62. The summed E-state index contributed by atoms with van der Waals surface area (Å²) >= 11 is 1.64. The first kappa shape index (κ1) is 18.8. The van der Waals surface area contributed by atoms with Crippen LogP contribution in [-0.2, 0) is 0 Å². The molecule has 0 fully saturated rings. The molecule has 4 aromatic rings. The van der Waals surface area contributed by atoms with Crippen molar-refractivity contribution in [1.82, 2.24) is 4.98 Å². The van der Waals surface area contributed by atoms with Gasteiger partial charge in [-0.3, -0.25) is 0 Å². The molecule has 7 heteroatoms. The van der Waals surface area contributed by atoms with E-state index in [1.807, 2.05) is 42.5 Å². The van der Waals surface area contributed by atoms with Crippen LogP contribution in [-0.4, -0.2) is 25.2 Å². The van der Waals surface area contributed by atoms with E-state index in [2.05, 4.69) is 21.7 Å². The van der Waals surface area contributed by atoms with Crippen LogP contribution < -0.4 is 20.1 Å². The number of methoxy groups -OCH3 is 2. The fraction of sp³-hybridized carbons (Fsp3) is 0.0909. The van der Waals surface area contributed by atoms with Gasteiger partial charge in [-0.25, -0.2) is 9.78 Å². The molecule has 2 amide bonds. The van der Waals surface area contributed by atoms with E-state index in [0.29, 0.717) is 22.9 Å². The number of carbonyl (C=O) groups is 1. The number of ether oxygens (including phenoxy) is 2. The van der Waals surface area contributed by atoms with Crippen LogP contribution in [0, 0.1) is 0 Å². The van der Waals surface area contributed by atoms with Gasteiger partial charge in [0.05, 0.1) is 30.1 Å². The Morgan fingerprint density at radius 1 is 0.897 bits per heavy atom. The van der Waals surface area contributed by atoms with Crippen LogP contribution in [0.1, 0.15) is 0 Å². The molecular formula is C22H19N3O3S. The molecule has 1 heterocycles. The van der Waals surface area contributed by atoms with Crippen molar-refractivity contribution < 1.29 is 14.3 Å². The Labute approximate surface area is 172 Å². The third kappa shape index (κ3) is 4.00. The molecule has 3 aromatic carbocycles. The Kier molecular flexibility index (Phi) is 5.31. The molecule has 0 bridgehead atoms. The molecule has 1 aromatic heterocycles. The largest absolute Gasteiger partial charge is 0.493 e. The van der Waals surface area contributed by atoms with Crippen LogP contribution in [0.3, 0.4) is 0 Å². The van der Waals surface area contributed by atoms with Crippen molar-refractivity contribution in [2.24, 2.45) is 0 Å². The fourth-order valence-electron chi connectivity index (χ4n) is 2.96. The van der Waals surface area contributed by atoms with Crippen molar-refractivity contribution in [2.45, 2.75) is 0 Å². The highest BCUT2D eigenvalue weighted by Crippen LogP contribution is 2.35. The molecule has 2 N–H and O–H groups in total. The molecule has 0 unspecified atom stereocenters. The van der Waals surface area contributed by atoms with E-state index in [-0.39, 0.29) is 6.03 Å². The summed E-state index contributed by atoms with van der Waals surface area (Å²) in [5.41, 5.74) is 3.19. The first-order chi connectivity index (χ1) is 14.2. The molecule has 146 valence electrons. The van der Waals surface area contributed by atoms with Gasteiger partial charge >= 0.3 is 6.03 Å². The average molecular weight is 405 g/mol. The zero-order valence-corrected chi connectivity index (χ0v) is 16.7. The highest BCUT2D eigenvalue weighted by atomic mass is 32.1. The van der Waals surface area contributed by atoms with Gasteiger partial charge in [-0.2, -0.15) is 0 Å². The molecular weight excluding hydrogens is 386 g/mol. The van der Waals surface area contributed by atoms with Crippen LogP contribution in [0.5, 0.6) is 11.5 Å². The SMILES string of the molecule is COc1cccc(NC(=O)Nc2ccc(-c3nc4ccccc4s3)cc2)c1OC. The number of fused-ring (bicyclic) bond motifs is 1. The van der Waals surface area contributed by atoms with Crippen LogP contribution in [0.25, 0.3) is 20.8 Å². The molecule has 4 rings (SSSR count). The van der Waals surface area contributed by atoms with Crippen molar-refractivity contribution in [2.75, 3.05) is 24.9 Å². The molecule has 29 heavy (non-hydrogen) atoms. The zero-order valence-electron chi connectivity index (χ0n) is 15.9. The van der Waals surface area contributed by atoms with Crippen molar-refractivity contribution in [3.63, 3.8) is 0 Å². The molecule has 0 radical (unpaired) electrons. The second-order valence-corrected chi connectivity index (χ2v) is 7.21. The Balaban J connectivity index is 1.47. The molecule has 0 aliphatic rings. The maximum atomic E-state index is 12.4. The predicted molar refractivity (Wildman–Crippen MR) is 117 cm³/mol. The van der Waals surface area contributed by atoms with Gasteiger partial charge in [0, 0.05) is 11.3 Å². The van der Waals surface area contributed by atoms with Crippen LogP contribution in [0.2, 0.25) is 0 Å². The van der Waals surface area contributed by atoms with Gasteiger partial charge in [0.2, 0.25) is 0 Å². The second-order valence-electron chi connectivity index (χ2n) is 6.18. The minimum Gasteiger partial charge on any atom is -0.493 e. The summed E-state index contributed by atoms with van der Waals surface area (Å²) < 4.78 is 11.7. The van der Waals surface area contributed by atoms with E-state index in [1.165, 1.54) is 7.11 Å². The normalized spacial score (nSPS) is 10.6. The summed E-state index contributed by atoms with van der Waals surface area (Å²) in [5.74, 6) is 1.02. The zero-order chi connectivity index (χ0) is 20.2. The first-order valence-electron chi connectivity index (χ1n) is 8.93. The summed E-state index contributed by atoms with van der Waals surface area (Å²) in [6.45, 7) is 0. The molecule has 0 aliphatic carbocycles. The number of hydrogen-bond donors (Lipinski definition) is 2. The van der Waals surface area contributed by atoms with E-state index < -0.39 is 0 Å². The topological polar surface area (TPSA) is 72.5 Å². The Morgan fingerprint density at radius 3 is 2.41 bits per heavy atom. The standard InChI is InChI=1S/C22H19N3O3S/c1-27-18-8-5-7-17(20(18)28-2)25-22(26)23-15-12-10-14(11-13-15)21-24-16-6-3-4-9-19(16)29-21/h3-13H,1-2H3,(H2,23,25,26). The summed E-state index contributed by atoms with van der Waals surface area (Å²) in [4.78, 5) is 17.1. The minimum absolute atomic E-state index is 0.371. The van der Waals surface area contributed by atoms with Crippen LogP contribution in [0.15, 0.2) is 66.7 Å². The second kappa shape index (κ2) is 8.20. The maximum absolute atomic E-state index is 12.4. The quantitative estimate of drug-likeness (QED) is 0.452. The molecule has 0 atom stereocenters. The lowest BCUT2D eigenvalue weighted by Gasteiger charge is -2.14. The average Bonchev–Trinajstić information content (AvgIpc) is 3.18. The summed E-state index contributed by atoms with van der Waals surface area (Å²) in [6, 6.07) is 20.6. The Bertz CT molecular complexity index is 1120. The fourth-order valence-corrected chi connectivity index (χ4v) is 3.93. The van der Waals surface area contributed by atoms with E-state index in [1.54, 1.807) is 36.6 Å². The summed E-state index contributed by atoms with van der Waals surface area (Å²) in [5, 5.41) is 6.55. The van der Waals surface area contributed by atoms with Gasteiger partial charge in [0.1, 0.15) is 5.01 Å². The monoisotopic (exact) mass is 405 g/mol. The lowest BCUT2D eigenvalue weighted by Crippen LogP contribution is -2.19. The molecule has 0 spiro atoms. The number of para-hydroxylation sites is 2. The van der Waals surface area contributed by atoms with E-state index in [0.717, 1.165) is 20.8 Å². The number of thiazole rings is 1. The molecule has 0 saturated carbocycles. The van der Waals surface area contributed by atoms with Crippen LogP contribution in [0.4, 0.5) is 16.2 Å². The van der Waals surface area contributed by atoms with Gasteiger partial charge in [0.25, 0.3) is 0 Å². The third-order valence-corrected chi connectivity index (χ3v) is 5.42. The number of benzene rings is 3. The number of aromatic nitrogens is 1. The van der Waals surface area contributed by atoms with Crippen molar-refractivity contribution >= 4 is 39.0 Å². The minimum atomic E-state index is -0.371. The van der Waals surface area contributed by atoms with E-state index >= 15 is 0 Å². The van der Waals surface area contributed by atoms with Gasteiger partial charge in [-0.15, -0.1) is 11.3 Å². The van der Waals surface area contributed by atoms with Crippen molar-refractivity contribution in [3.05, 3.63) is 66.7 Å². The van der Waals surface area contributed by atoms with Crippen molar-refractivity contribution in [1.29, 1.82) is 0 Å². The van der Waals surface area contributed by atoms with Gasteiger partial charge in [0.15, 0.2) is 11.5 Å². The van der Waals surface area contributed by atoms with E-state index in [9.17, 15) is 4.79 Å². The number of carbonyl (C=O) groups excluding carboxylic acids is 1. The maximum Gasteiger partial charge on any atom is 0.323 e. The number of anilines is 2. The lowest BCUT2D eigenvalue weighted by molar-refractivity contribution is 0.262. The smallest absolute Gasteiger partial charge is 0.323 e. The number of nitrogens with one attached hydrogen (secondary N) is 2.